The molecular weight excluding hydrogens is 299 g/mol. The van der Waals surface area contributed by atoms with E-state index in [2.05, 4.69) is 5.32 Å². The Balaban J connectivity index is 1.67. The van der Waals surface area contributed by atoms with Gasteiger partial charge in [-0.05, 0) is 38.9 Å². The molecule has 2 unspecified atom stereocenters. The molecule has 6 heteroatoms. The molecule has 1 amide bonds. The van der Waals surface area contributed by atoms with E-state index in [0.29, 0.717) is 25.4 Å². The first-order valence-corrected chi connectivity index (χ1v) is 8.04. The van der Waals surface area contributed by atoms with Crippen LogP contribution in [0, 0.1) is 5.82 Å². The van der Waals surface area contributed by atoms with Crippen molar-refractivity contribution in [3.8, 4) is 5.75 Å². The monoisotopic (exact) mass is 324 g/mol. The van der Waals surface area contributed by atoms with E-state index in [9.17, 15) is 9.18 Å². The van der Waals surface area contributed by atoms with Gasteiger partial charge in [0.2, 0.25) is 5.91 Å². The summed E-state index contributed by atoms with van der Waals surface area (Å²) in [5.74, 6) is 0.153. The first-order valence-electron chi connectivity index (χ1n) is 8.04. The van der Waals surface area contributed by atoms with Crippen LogP contribution in [0.15, 0.2) is 24.3 Å². The van der Waals surface area contributed by atoms with Crippen LogP contribution >= 0.6 is 0 Å². The lowest BCUT2D eigenvalue weighted by molar-refractivity contribution is -0.126. The molecule has 23 heavy (non-hydrogen) atoms. The van der Waals surface area contributed by atoms with Crippen molar-refractivity contribution in [2.75, 3.05) is 33.4 Å². The van der Waals surface area contributed by atoms with Crippen molar-refractivity contribution >= 4 is 5.91 Å². The van der Waals surface area contributed by atoms with E-state index in [1.165, 1.54) is 12.1 Å². The first-order chi connectivity index (χ1) is 11.1. The van der Waals surface area contributed by atoms with Crippen molar-refractivity contribution < 1.29 is 18.7 Å². The highest BCUT2D eigenvalue weighted by atomic mass is 19.1. The van der Waals surface area contributed by atoms with Crippen LogP contribution in [0.3, 0.4) is 0 Å². The van der Waals surface area contributed by atoms with Gasteiger partial charge >= 0.3 is 0 Å². The molecule has 0 spiro atoms. The second-order valence-corrected chi connectivity index (χ2v) is 5.84. The number of carbonyl (C=O) groups is 1. The summed E-state index contributed by atoms with van der Waals surface area (Å²) in [5, 5.41) is 2.92. The van der Waals surface area contributed by atoms with Gasteiger partial charge < -0.3 is 14.8 Å². The second kappa shape index (κ2) is 8.84. The fourth-order valence-corrected chi connectivity index (χ4v) is 2.43. The molecule has 2 rings (SSSR count). The van der Waals surface area contributed by atoms with Crippen LogP contribution in [0.25, 0.3) is 0 Å². The average molecular weight is 324 g/mol. The molecule has 0 aromatic heterocycles. The number of likely N-dealkylation sites (N-methyl/N-ethyl adjacent to an activating group) is 1. The maximum absolute atomic E-state index is 13.0. The summed E-state index contributed by atoms with van der Waals surface area (Å²) < 4.78 is 24.0. The zero-order valence-corrected chi connectivity index (χ0v) is 13.8. The molecule has 1 aliphatic rings. The zero-order chi connectivity index (χ0) is 16.7. The van der Waals surface area contributed by atoms with Gasteiger partial charge in [-0.25, -0.2) is 4.39 Å². The van der Waals surface area contributed by atoms with Crippen molar-refractivity contribution in [2.24, 2.45) is 0 Å². The Morgan fingerprint density at radius 2 is 2.39 bits per heavy atom. The summed E-state index contributed by atoms with van der Waals surface area (Å²) in [6, 6.07) is 5.78. The van der Waals surface area contributed by atoms with Crippen molar-refractivity contribution in [1.82, 2.24) is 10.2 Å². The highest BCUT2D eigenvalue weighted by Crippen LogP contribution is 2.12. The van der Waals surface area contributed by atoms with Crippen LogP contribution in [0.2, 0.25) is 0 Å². The number of halogens is 1. The van der Waals surface area contributed by atoms with Gasteiger partial charge in [-0.1, -0.05) is 6.07 Å². The molecule has 0 saturated carbocycles. The number of nitrogens with one attached hydrogen (secondary N) is 1. The number of ether oxygens (including phenoxy) is 2. The van der Waals surface area contributed by atoms with E-state index in [1.54, 1.807) is 12.1 Å². The minimum atomic E-state index is -0.322. The summed E-state index contributed by atoms with van der Waals surface area (Å²) in [7, 11) is 1.87. The predicted octanol–water partition coefficient (Wildman–Crippen LogP) is 1.82. The second-order valence-electron chi connectivity index (χ2n) is 5.84. The fraction of sp³-hybridized carbons (Fsp3) is 0.588. The third kappa shape index (κ3) is 5.80. The van der Waals surface area contributed by atoms with Gasteiger partial charge in [0.15, 0.2) is 0 Å². The normalized spacial score (nSPS) is 18.9. The molecule has 128 valence electrons. The van der Waals surface area contributed by atoms with Gasteiger partial charge in [0.05, 0.1) is 12.1 Å². The molecule has 1 aliphatic heterocycles. The van der Waals surface area contributed by atoms with Crippen LogP contribution in [0.1, 0.15) is 19.8 Å². The summed E-state index contributed by atoms with van der Waals surface area (Å²) in [4.78, 5) is 14.0. The van der Waals surface area contributed by atoms with Gasteiger partial charge in [0.1, 0.15) is 18.2 Å². The van der Waals surface area contributed by atoms with Gasteiger partial charge in [0, 0.05) is 25.8 Å². The quantitative estimate of drug-likeness (QED) is 0.792. The van der Waals surface area contributed by atoms with Crippen molar-refractivity contribution in [2.45, 2.75) is 31.9 Å². The fourth-order valence-electron chi connectivity index (χ4n) is 2.43. The molecule has 0 radical (unpaired) electrons. The van der Waals surface area contributed by atoms with Crippen LogP contribution in [0.5, 0.6) is 5.75 Å². The Hall–Kier alpha value is -1.66. The predicted molar refractivity (Wildman–Crippen MR) is 86.0 cm³/mol. The number of carbonyl (C=O) groups excluding carboxylic acids is 1. The van der Waals surface area contributed by atoms with E-state index in [1.807, 2.05) is 18.9 Å². The third-order valence-electron chi connectivity index (χ3n) is 4.08. The Kier molecular flexibility index (Phi) is 6.80. The number of hydrogen-bond donors (Lipinski definition) is 1. The molecule has 2 atom stereocenters. The van der Waals surface area contributed by atoms with Crippen molar-refractivity contribution in [1.29, 1.82) is 0 Å². The summed E-state index contributed by atoms with van der Waals surface area (Å²) in [5.41, 5.74) is 0. The lowest BCUT2D eigenvalue weighted by atomic mass is 10.2. The van der Waals surface area contributed by atoms with Crippen LogP contribution in [-0.4, -0.2) is 56.3 Å². The Bertz CT molecular complexity index is 506. The summed E-state index contributed by atoms with van der Waals surface area (Å²) in [6.07, 6.45) is 2.21. The van der Waals surface area contributed by atoms with E-state index in [4.69, 9.17) is 9.47 Å². The van der Waals surface area contributed by atoms with Gasteiger partial charge in [0.25, 0.3) is 0 Å². The van der Waals surface area contributed by atoms with Crippen LogP contribution in [-0.2, 0) is 9.53 Å². The number of amides is 1. The number of rotatable bonds is 8. The molecule has 1 heterocycles. The SMILES string of the molecule is CC(C(=O)NCC1CCCO1)N(C)CCOc1cccc(F)c1. The molecule has 0 bridgehead atoms. The van der Waals surface area contributed by atoms with E-state index >= 15 is 0 Å². The maximum Gasteiger partial charge on any atom is 0.237 e. The molecule has 1 N–H and O–H groups in total. The molecule has 1 aromatic rings. The van der Waals surface area contributed by atoms with Crippen LogP contribution < -0.4 is 10.1 Å². The lowest BCUT2D eigenvalue weighted by Gasteiger charge is -2.24. The first kappa shape index (κ1) is 17.7. The van der Waals surface area contributed by atoms with Gasteiger partial charge in [-0.3, -0.25) is 9.69 Å². The van der Waals surface area contributed by atoms with Crippen molar-refractivity contribution in [3.63, 3.8) is 0 Å². The Morgan fingerprint density at radius 3 is 3.09 bits per heavy atom. The van der Waals surface area contributed by atoms with Crippen molar-refractivity contribution in [3.05, 3.63) is 30.1 Å². The van der Waals surface area contributed by atoms with Gasteiger partial charge in [-0.15, -0.1) is 0 Å². The zero-order valence-electron chi connectivity index (χ0n) is 13.8. The average Bonchev–Trinajstić information content (AvgIpc) is 3.05. The Labute approximate surface area is 136 Å². The lowest BCUT2D eigenvalue weighted by Crippen LogP contribution is -2.46. The largest absolute Gasteiger partial charge is 0.492 e. The topological polar surface area (TPSA) is 50.8 Å². The highest BCUT2D eigenvalue weighted by molar-refractivity contribution is 5.81. The molecule has 1 saturated heterocycles. The maximum atomic E-state index is 13.0. The standard InChI is InChI=1S/C17H25FN2O3/c1-13(17(21)19-12-16-7-4-9-22-16)20(2)8-10-23-15-6-3-5-14(18)11-15/h3,5-6,11,13,16H,4,7-10,12H2,1-2H3,(H,19,21). The molecular formula is C17H25FN2O3. The highest BCUT2D eigenvalue weighted by Gasteiger charge is 2.21. The molecule has 1 fully saturated rings. The minimum Gasteiger partial charge on any atom is -0.492 e. The van der Waals surface area contributed by atoms with Crippen LogP contribution in [0.4, 0.5) is 4.39 Å². The molecule has 5 nitrogen and oxygen atoms in total. The minimum absolute atomic E-state index is 0.0197. The molecule has 1 aromatic carbocycles. The summed E-state index contributed by atoms with van der Waals surface area (Å²) in [6.45, 7) is 4.17. The Morgan fingerprint density at radius 1 is 1.57 bits per heavy atom. The van der Waals surface area contributed by atoms with Gasteiger partial charge in [-0.2, -0.15) is 0 Å². The number of hydrogen-bond acceptors (Lipinski definition) is 4. The number of nitrogens with zero attached hydrogens (tertiary/aromatic N) is 1. The van der Waals surface area contributed by atoms with E-state index in [0.717, 1.165) is 19.4 Å². The third-order valence-corrected chi connectivity index (χ3v) is 4.08. The smallest absolute Gasteiger partial charge is 0.237 e. The van der Waals surface area contributed by atoms with E-state index < -0.39 is 0 Å². The summed E-state index contributed by atoms with van der Waals surface area (Å²) >= 11 is 0. The number of benzene rings is 1. The molecule has 0 aliphatic carbocycles. The van der Waals surface area contributed by atoms with E-state index in [-0.39, 0.29) is 23.9 Å².